The monoisotopic (exact) mass is 693 g/mol. The van der Waals surface area contributed by atoms with Gasteiger partial charge in [-0.2, -0.15) is 0 Å². The van der Waals surface area contributed by atoms with Gasteiger partial charge in [0.2, 0.25) is 0 Å². The second-order valence-corrected chi connectivity index (χ2v) is 14.6. The Hall–Kier alpha value is -6.08. The first-order valence-corrected chi connectivity index (χ1v) is 18.1. The topological polar surface area (TPSA) is 82.3 Å². The van der Waals surface area contributed by atoms with E-state index in [-0.39, 0.29) is 0 Å². The van der Waals surface area contributed by atoms with Crippen LogP contribution in [0.5, 0.6) is 0 Å². The lowest BCUT2D eigenvalue weighted by Gasteiger charge is -2.16. The number of nitrogens with zero attached hydrogens (tertiary/aromatic N) is 7. The summed E-state index contributed by atoms with van der Waals surface area (Å²) in [6.07, 6.45) is 0. The van der Waals surface area contributed by atoms with E-state index < -0.39 is 0 Å². The van der Waals surface area contributed by atoms with E-state index in [1.54, 1.807) is 0 Å². The van der Waals surface area contributed by atoms with Crippen LogP contribution in [0.4, 0.5) is 0 Å². The highest BCUT2D eigenvalue weighted by Crippen LogP contribution is 2.41. The highest BCUT2D eigenvalue weighted by molar-refractivity contribution is 6.12. The van der Waals surface area contributed by atoms with E-state index in [2.05, 4.69) is 135 Å². The molecular formula is C46H43N7. The van der Waals surface area contributed by atoms with E-state index >= 15 is 0 Å². The van der Waals surface area contributed by atoms with Crippen LogP contribution < -0.4 is 0 Å². The average molecular weight is 694 g/mol. The fourth-order valence-electron chi connectivity index (χ4n) is 8.39. The quantitative estimate of drug-likeness (QED) is 0.178. The lowest BCUT2D eigenvalue weighted by Crippen LogP contribution is -2.04. The van der Waals surface area contributed by atoms with Crippen molar-refractivity contribution < 1.29 is 0 Å². The second-order valence-electron chi connectivity index (χ2n) is 14.6. The Bertz CT molecular complexity index is 2590. The number of aromatic nitrogens is 7. The molecule has 0 aliphatic rings. The number of hydrogen-bond donors (Lipinski definition) is 0. The van der Waals surface area contributed by atoms with Crippen LogP contribution >= 0.6 is 0 Å². The van der Waals surface area contributed by atoms with E-state index in [0.717, 1.165) is 27.8 Å². The molecule has 53 heavy (non-hydrogen) atoms. The lowest BCUT2D eigenvalue weighted by molar-refractivity contribution is 0.924. The first-order valence-electron chi connectivity index (χ1n) is 18.1. The van der Waals surface area contributed by atoms with E-state index in [9.17, 15) is 0 Å². The Morgan fingerprint density at radius 2 is 0.774 bits per heavy atom. The summed E-state index contributed by atoms with van der Waals surface area (Å²) >= 11 is 0. The summed E-state index contributed by atoms with van der Waals surface area (Å²) in [6, 6.07) is 29.3. The maximum absolute atomic E-state index is 4.88. The zero-order valence-electron chi connectivity index (χ0n) is 32.1. The van der Waals surface area contributed by atoms with Crippen LogP contribution in [0.1, 0.15) is 56.7 Å². The maximum Gasteiger partial charge on any atom is 0.165 e. The fraction of sp³-hybridized carbons (Fsp3) is 0.217. The van der Waals surface area contributed by atoms with Crippen LogP contribution in [0.25, 0.3) is 72.5 Å². The summed E-state index contributed by atoms with van der Waals surface area (Å²) in [5.41, 5.74) is 17.5. The number of hydrogen-bond acceptors (Lipinski definition) is 6. The van der Waals surface area contributed by atoms with Crippen LogP contribution in [0.2, 0.25) is 0 Å². The van der Waals surface area contributed by atoms with Gasteiger partial charge in [-0.15, -0.1) is 0 Å². The molecule has 5 aromatic carbocycles. The minimum atomic E-state index is 0.606. The molecule has 3 heterocycles. The first-order chi connectivity index (χ1) is 25.3. The van der Waals surface area contributed by atoms with Gasteiger partial charge in [-0.1, -0.05) is 47.5 Å². The van der Waals surface area contributed by atoms with Crippen molar-refractivity contribution in [1.82, 2.24) is 34.5 Å². The zero-order valence-corrected chi connectivity index (χ0v) is 32.1. The molecule has 0 aliphatic carbocycles. The summed E-state index contributed by atoms with van der Waals surface area (Å²) in [5, 5.41) is 2.37. The van der Waals surface area contributed by atoms with Gasteiger partial charge in [-0.25, -0.2) is 29.9 Å². The summed E-state index contributed by atoms with van der Waals surface area (Å²) in [5.74, 6) is 3.91. The Morgan fingerprint density at radius 1 is 0.377 bits per heavy atom. The molecular weight excluding hydrogens is 651 g/mol. The molecule has 0 N–H and O–H groups in total. The standard InChI is InChI=1S/C46H43N7/c1-24-17-26(3)43(27(4)18-24)34-11-14-40-37(21-34)38-22-35(44-28(5)19-25(2)20-29(44)6)12-15-41(38)53(40)42-16-13-36(45-49-30(7)47-31(8)50-45)23-39(42)46-51-32(9)48-33(10)52-46/h11-23H,1-10H3. The highest BCUT2D eigenvalue weighted by Gasteiger charge is 2.21. The Labute approximate surface area is 310 Å². The molecule has 262 valence electrons. The van der Waals surface area contributed by atoms with Crippen molar-refractivity contribution in [1.29, 1.82) is 0 Å². The molecule has 0 unspecified atom stereocenters. The molecule has 7 heteroatoms. The number of fused-ring (bicyclic) bond motifs is 3. The summed E-state index contributed by atoms with van der Waals surface area (Å²) in [6.45, 7) is 20.8. The van der Waals surface area contributed by atoms with E-state index in [4.69, 9.17) is 19.9 Å². The van der Waals surface area contributed by atoms with Crippen LogP contribution in [0.15, 0.2) is 78.9 Å². The maximum atomic E-state index is 4.88. The van der Waals surface area contributed by atoms with Crippen LogP contribution in [-0.4, -0.2) is 34.5 Å². The smallest absolute Gasteiger partial charge is 0.165 e. The van der Waals surface area contributed by atoms with Crippen molar-refractivity contribution in [2.24, 2.45) is 0 Å². The summed E-state index contributed by atoms with van der Waals surface area (Å²) in [4.78, 5) is 28.1. The third kappa shape index (κ3) is 6.06. The Balaban J connectivity index is 1.46. The van der Waals surface area contributed by atoms with Gasteiger partial charge in [0.25, 0.3) is 0 Å². The van der Waals surface area contributed by atoms with Crippen molar-refractivity contribution >= 4 is 21.8 Å². The van der Waals surface area contributed by atoms with Gasteiger partial charge < -0.3 is 4.57 Å². The second kappa shape index (κ2) is 12.8. The summed E-state index contributed by atoms with van der Waals surface area (Å²) < 4.78 is 2.36. The first kappa shape index (κ1) is 34.0. The van der Waals surface area contributed by atoms with Gasteiger partial charge >= 0.3 is 0 Å². The molecule has 0 amide bonds. The minimum Gasteiger partial charge on any atom is -0.308 e. The number of aryl methyl sites for hydroxylation is 10. The Kier molecular flexibility index (Phi) is 8.25. The van der Waals surface area contributed by atoms with Gasteiger partial charge in [0.1, 0.15) is 23.3 Å². The molecule has 0 bridgehead atoms. The van der Waals surface area contributed by atoms with E-state index in [1.165, 1.54) is 66.4 Å². The number of rotatable bonds is 5. The molecule has 0 saturated carbocycles. The van der Waals surface area contributed by atoms with Crippen molar-refractivity contribution in [3.63, 3.8) is 0 Å². The number of benzene rings is 5. The van der Waals surface area contributed by atoms with Crippen LogP contribution in [-0.2, 0) is 0 Å². The normalized spacial score (nSPS) is 11.6. The van der Waals surface area contributed by atoms with Crippen molar-refractivity contribution in [2.75, 3.05) is 0 Å². The van der Waals surface area contributed by atoms with Gasteiger partial charge in [-0.05, 0) is 156 Å². The van der Waals surface area contributed by atoms with Gasteiger partial charge in [0.05, 0.1) is 16.7 Å². The molecule has 0 atom stereocenters. The molecule has 0 fully saturated rings. The third-order valence-electron chi connectivity index (χ3n) is 10.2. The lowest BCUT2D eigenvalue weighted by atomic mass is 9.91. The minimum absolute atomic E-state index is 0.606. The molecule has 3 aromatic heterocycles. The molecule has 8 rings (SSSR count). The van der Waals surface area contributed by atoms with Crippen molar-refractivity contribution in [3.05, 3.63) is 136 Å². The average Bonchev–Trinajstić information content (AvgIpc) is 3.39. The largest absolute Gasteiger partial charge is 0.308 e. The molecule has 7 nitrogen and oxygen atoms in total. The molecule has 0 spiro atoms. The van der Waals surface area contributed by atoms with Gasteiger partial charge in [-0.3, -0.25) is 0 Å². The molecule has 0 saturated heterocycles. The predicted molar refractivity (Wildman–Crippen MR) is 217 cm³/mol. The molecule has 0 radical (unpaired) electrons. The zero-order chi connectivity index (χ0) is 37.3. The van der Waals surface area contributed by atoms with E-state index in [0.29, 0.717) is 34.9 Å². The SMILES string of the molecule is Cc1cc(C)c(-c2ccc3c(c2)c2cc(-c4c(C)cc(C)cc4C)ccc2n3-c2ccc(-c3nc(C)nc(C)n3)cc2-c2nc(C)nc(C)n2)c(C)c1. The summed E-state index contributed by atoms with van der Waals surface area (Å²) in [7, 11) is 0. The fourth-order valence-corrected chi connectivity index (χ4v) is 8.39. The van der Waals surface area contributed by atoms with Crippen molar-refractivity contribution in [2.45, 2.75) is 69.2 Å². The van der Waals surface area contributed by atoms with Crippen LogP contribution in [0.3, 0.4) is 0 Å². The predicted octanol–water partition coefficient (Wildman–Crippen LogP) is 10.9. The molecule has 8 aromatic rings. The Morgan fingerprint density at radius 3 is 1.21 bits per heavy atom. The van der Waals surface area contributed by atoms with Crippen LogP contribution in [0, 0.1) is 69.2 Å². The van der Waals surface area contributed by atoms with Gasteiger partial charge in [0, 0.05) is 21.9 Å². The highest BCUT2D eigenvalue weighted by atomic mass is 15.0. The van der Waals surface area contributed by atoms with E-state index in [1.807, 2.05) is 27.7 Å². The van der Waals surface area contributed by atoms with Crippen molar-refractivity contribution in [3.8, 4) is 50.7 Å². The van der Waals surface area contributed by atoms with Gasteiger partial charge in [0.15, 0.2) is 11.6 Å². The molecule has 0 aliphatic heterocycles. The third-order valence-corrected chi connectivity index (χ3v) is 10.2.